The second-order valence-corrected chi connectivity index (χ2v) is 9.29. The Morgan fingerprint density at radius 3 is 2.58 bits per heavy atom. The van der Waals surface area contributed by atoms with Crippen LogP contribution in [0.3, 0.4) is 0 Å². The number of anilines is 1. The number of aromatic nitrogens is 2. The molecular weight excluding hydrogens is 450 g/mol. The lowest BCUT2D eigenvalue weighted by molar-refractivity contribution is 0.101. The number of likely N-dealkylation sites (tertiary alicyclic amines) is 1. The van der Waals surface area contributed by atoms with Crippen LogP contribution in [-0.4, -0.2) is 44.9 Å². The molecule has 0 radical (unpaired) electrons. The average Bonchev–Trinajstić information content (AvgIpc) is 3.50. The average molecular weight is 482 g/mol. The molecule has 1 aliphatic rings. The summed E-state index contributed by atoms with van der Waals surface area (Å²) in [6.45, 7) is 3.72. The number of hydrogen-bond donors (Lipinski definition) is 3. The highest BCUT2D eigenvalue weighted by Crippen LogP contribution is 2.33. The third-order valence-corrected chi connectivity index (χ3v) is 6.59. The molecule has 0 spiro atoms. The number of benzene rings is 3. The lowest BCUT2D eigenvalue weighted by Crippen LogP contribution is -2.28. The molecule has 2 unspecified atom stereocenters. The fraction of sp³-hybridized carbons (Fsp3) is 0.241. The van der Waals surface area contributed by atoms with Gasteiger partial charge in [0.25, 0.3) is 5.91 Å². The molecule has 1 aromatic heterocycles. The summed E-state index contributed by atoms with van der Waals surface area (Å²) < 4.78 is 1.66. The molecular formula is C29H31N5O2. The van der Waals surface area contributed by atoms with Crippen molar-refractivity contribution in [2.45, 2.75) is 32.0 Å². The van der Waals surface area contributed by atoms with E-state index in [0.29, 0.717) is 24.5 Å². The van der Waals surface area contributed by atoms with Crippen molar-refractivity contribution >= 4 is 11.6 Å². The standard InChI is InChI=1S/C29H31N5O2/c1-20-15-27(34(32-20)25-12-5-7-21(16-25)18-30)29(36)31-24-11-6-10-23(17-24)28(22-8-3-2-4-9-22)33-14-13-26(35)19-33/h2-12,15-17,26,28,35H,13-14,18-19,30H2,1H3,(H,31,36). The first-order valence-electron chi connectivity index (χ1n) is 12.3. The summed E-state index contributed by atoms with van der Waals surface area (Å²) in [5, 5.41) is 17.8. The number of nitrogens with one attached hydrogen (secondary N) is 1. The maximum absolute atomic E-state index is 13.4. The van der Waals surface area contributed by atoms with Crippen LogP contribution < -0.4 is 11.1 Å². The minimum absolute atomic E-state index is 0.00743. The minimum Gasteiger partial charge on any atom is -0.392 e. The van der Waals surface area contributed by atoms with E-state index in [-0.39, 0.29) is 18.1 Å². The highest BCUT2D eigenvalue weighted by Gasteiger charge is 2.29. The Morgan fingerprint density at radius 1 is 1.06 bits per heavy atom. The van der Waals surface area contributed by atoms with Gasteiger partial charge in [0, 0.05) is 25.3 Å². The van der Waals surface area contributed by atoms with E-state index in [4.69, 9.17) is 5.73 Å². The van der Waals surface area contributed by atoms with Crippen molar-refractivity contribution in [3.05, 3.63) is 113 Å². The number of nitrogens with zero attached hydrogens (tertiary/aromatic N) is 3. The Hall–Kier alpha value is -3.78. The molecule has 1 saturated heterocycles. The summed E-state index contributed by atoms with van der Waals surface area (Å²) in [6.07, 6.45) is 0.439. The lowest BCUT2D eigenvalue weighted by Gasteiger charge is -2.29. The molecule has 1 amide bonds. The van der Waals surface area contributed by atoms with Crippen LogP contribution >= 0.6 is 0 Å². The van der Waals surface area contributed by atoms with Gasteiger partial charge in [-0.2, -0.15) is 5.10 Å². The number of carbonyl (C=O) groups excluding carboxylic acids is 1. The fourth-order valence-electron chi connectivity index (χ4n) is 4.91. The highest BCUT2D eigenvalue weighted by molar-refractivity contribution is 6.03. The molecule has 4 aromatic rings. The van der Waals surface area contributed by atoms with Gasteiger partial charge in [-0.15, -0.1) is 0 Å². The zero-order valence-electron chi connectivity index (χ0n) is 20.3. The van der Waals surface area contributed by atoms with Gasteiger partial charge in [0.05, 0.1) is 23.5 Å². The predicted molar refractivity (Wildman–Crippen MR) is 141 cm³/mol. The monoisotopic (exact) mass is 481 g/mol. The zero-order valence-corrected chi connectivity index (χ0v) is 20.3. The second-order valence-electron chi connectivity index (χ2n) is 9.29. The van der Waals surface area contributed by atoms with Crippen molar-refractivity contribution in [3.8, 4) is 5.69 Å². The molecule has 1 fully saturated rings. The smallest absolute Gasteiger partial charge is 0.274 e. The highest BCUT2D eigenvalue weighted by atomic mass is 16.3. The van der Waals surface area contributed by atoms with E-state index in [2.05, 4.69) is 33.5 Å². The predicted octanol–water partition coefficient (Wildman–Crippen LogP) is 4.05. The van der Waals surface area contributed by atoms with Gasteiger partial charge in [-0.3, -0.25) is 9.69 Å². The van der Waals surface area contributed by atoms with Crippen LogP contribution in [0.5, 0.6) is 0 Å². The van der Waals surface area contributed by atoms with E-state index >= 15 is 0 Å². The van der Waals surface area contributed by atoms with Crippen LogP contribution in [-0.2, 0) is 6.54 Å². The van der Waals surface area contributed by atoms with Gasteiger partial charge in [0.2, 0.25) is 0 Å². The Kier molecular flexibility index (Phi) is 6.95. The molecule has 5 rings (SSSR count). The molecule has 1 aliphatic heterocycles. The van der Waals surface area contributed by atoms with Crippen molar-refractivity contribution in [2.24, 2.45) is 5.73 Å². The SMILES string of the molecule is Cc1cc(C(=O)Nc2cccc(C(c3ccccc3)N3CCC(O)C3)c2)n(-c2cccc(CN)c2)n1. The molecule has 4 N–H and O–H groups in total. The van der Waals surface area contributed by atoms with E-state index < -0.39 is 0 Å². The van der Waals surface area contributed by atoms with Crippen LogP contribution in [0, 0.1) is 6.92 Å². The van der Waals surface area contributed by atoms with Crippen LogP contribution in [0.25, 0.3) is 5.69 Å². The number of aryl methyl sites for hydroxylation is 1. The van der Waals surface area contributed by atoms with Gasteiger partial charge in [0.1, 0.15) is 5.69 Å². The summed E-state index contributed by atoms with van der Waals surface area (Å²) in [5.41, 5.74) is 11.7. The maximum Gasteiger partial charge on any atom is 0.274 e. The van der Waals surface area contributed by atoms with Gasteiger partial charge in [-0.1, -0.05) is 54.6 Å². The number of amides is 1. The Labute approximate surface area is 211 Å². The van der Waals surface area contributed by atoms with E-state index in [0.717, 1.165) is 41.0 Å². The first-order valence-corrected chi connectivity index (χ1v) is 12.3. The van der Waals surface area contributed by atoms with Gasteiger partial charge in [-0.05, 0) is 60.4 Å². The zero-order chi connectivity index (χ0) is 25.1. The quantitative estimate of drug-likeness (QED) is 0.370. The van der Waals surface area contributed by atoms with E-state index in [1.165, 1.54) is 0 Å². The third kappa shape index (κ3) is 5.09. The Morgan fingerprint density at radius 2 is 1.83 bits per heavy atom. The fourth-order valence-corrected chi connectivity index (χ4v) is 4.91. The van der Waals surface area contributed by atoms with Crippen molar-refractivity contribution in [1.29, 1.82) is 0 Å². The topological polar surface area (TPSA) is 96.4 Å². The van der Waals surface area contributed by atoms with E-state index in [9.17, 15) is 9.90 Å². The first kappa shape index (κ1) is 23.9. The summed E-state index contributed by atoms with van der Waals surface area (Å²) >= 11 is 0. The summed E-state index contributed by atoms with van der Waals surface area (Å²) in [4.78, 5) is 15.7. The molecule has 7 heteroatoms. The largest absolute Gasteiger partial charge is 0.392 e. The number of rotatable bonds is 7. The molecule has 0 aliphatic carbocycles. The van der Waals surface area contributed by atoms with Gasteiger partial charge in [0.15, 0.2) is 0 Å². The van der Waals surface area contributed by atoms with Crippen molar-refractivity contribution < 1.29 is 9.90 Å². The number of carbonyl (C=O) groups is 1. The number of nitrogens with two attached hydrogens (primary N) is 1. The molecule has 3 aromatic carbocycles. The summed E-state index contributed by atoms with van der Waals surface area (Å²) in [6, 6.07) is 27.7. The van der Waals surface area contributed by atoms with Crippen LogP contribution in [0.4, 0.5) is 5.69 Å². The van der Waals surface area contributed by atoms with Crippen LogP contribution in [0.15, 0.2) is 84.9 Å². The minimum atomic E-state index is -0.319. The lowest BCUT2D eigenvalue weighted by atomic mass is 9.97. The number of aliphatic hydroxyl groups excluding tert-OH is 1. The molecule has 0 saturated carbocycles. The van der Waals surface area contributed by atoms with Crippen LogP contribution in [0.1, 0.15) is 45.3 Å². The van der Waals surface area contributed by atoms with Crippen LogP contribution in [0.2, 0.25) is 0 Å². The Bertz CT molecular complexity index is 1350. The first-order chi connectivity index (χ1) is 17.5. The number of aliphatic hydroxyl groups is 1. The molecule has 7 nitrogen and oxygen atoms in total. The van der Waals surface area contributed by atoms with Gasteiger partial charge < -0.3 is 16.2 Å². The van der Waals surface area contributed by atoms with Gasteiger partial charge in [-0.25, -0.2) is 4.68 Å². The Balaban J connectivity index is 1.44. The molecule has 36 heavy (non-hydrogen) atoms. The van der Waals surface area contributed by atoms with Crippen molar-refractivity contribution in [3.63, 3.8) is 0 Å². The van der Waals surface area contributed by atoms with Gasteiger partial charge >= 0.3 is 0 Å². The number of β-amino-alcohol motifs (C(OH)–C–C–N with tert-alkyl or cyclic N) is 1. The summed E-state index contributed by atoms with van der Waals surface area (Å²) in [5.74, 6) is -0.237. The van der Waals surface area contributed by atoms with Crippen molar-refractivity contribution in [1.82, 2.24) is 14.7 Å². The molecule has 184 valence electrons. The summed E-state index contributed by atoms with van der Waals surface area (Å²) in [7, 11) is 0. The van der Waals surface area contributed by atoms with Crippen molar-refractivity contribution in [2.75, 3.05) is 18.4 Å². The molecule has 2 atom stereocenters. The van der Waals surface area contributed by atoms with E-state index in [1.54, 1.807) is 10.7 Å². The number of hydrogen-bond acceptors (Lipinski definition) is 5. The second kappa shape index (κ2) is 10.5. The molecule has 0 bridgehead atoms. The van der Waals surface area contributed by atoms with E-state index in [1.807, 2.05) is 67.6 Å². The third-order valence-electron chi connectivity index (χ3n) is 6.59. The normalized spacial score (nSPS) is 16.7. The molecule has 2 heterocycles. The maximum atomic E-state index is 13.4.